The van der Waals surface area contributed by atoms with Crippen molar-refractivity contribution in [1.82, 2.24) is 10.6 Å². The van der Waals surface area contributed by atoms with Gasteiger partial charge in [0.05, 0.1) is 0 Å². The Kier molecular flexibility index (Phi) is 9.27. The number of benzene rings is 1. The molecule has 19 heavy (non-hydrogen) atoms. The van der Waals surface area contributed by atoms with E-state index in [2.05, 4.69) is 29.7 Å². The highest BCUT2D eigenvalue weighted by atomic mass is 35.5. The Morgan fingerprint density at radius 3 is 2.42 bits per heavy atom. The summed E-state index contributed by atoms with van der Waals surface area (Å²) in [6.45, 7) is 4.77. The topological polar surface area (TPSA) is 41.1 Å². The predicted octanol–water partition coefficient (Wildman–Crippen LogP) is 2.40. The Bertz CT molecular complexity index is 356. The molecule has 1 amide bonds. The lowest BCUT2D eigenvalue weighted by Crippen LogP contribution is -2.41. The van der Waals surface area contributed by atoms with Gasteiger partial charge in [-0.1, -0.05) is 44.2 Å². The first-order valence-corrected chi connectivity index (χ1v) is 6.66. The highest BCUT2D eigenvalue weighted by molar-refractivity contribution is 5.85. The monoisotopic (exact) mass is 284 g/mol. The maximum absolute atomic E-state index is 11.9. The molecule has 0 bridgehead atoms. The number of carbonyl (C=O) groups excluding carboxylic acids is 1. The Labute approximate surface area is 122 Å². The molecule has 2 N–H and O–H groups in total. The fourth-order valence-corrected chi connectivity index (χ4v) is 1.94. The van der Waals surface area contributed by atoms with Gasteiger partial charge in [0.15, 0.2) is 0 Å². The van der Waals surface area contributed by atoms with Crippen molar-refractivity contribution in [2.75, 3.05) is 13.6 Å². The molecule has 0 heterocycles. The zero-order valence-electron chi connectivity index (χ0n) is 12.0. The quantitative estimate of drug-likeness (QED) is 0.807. The van der Waals surface area contributed by atoms with E-state index in [9.17, 15) is 4.79 Å². The molecule has 2 unspecified atom stereocenters. The minimum Gasteiger partial charge on any atom is -0.353 e. The molecule has 1 rings (SSSR count). The molecule has 0 aliphatic heterocycles. The fraction of sp³-hybridized carbons (Fsp3) is 0.533. The Hall–Kier alpha value is -1.06. The van der Waals surface area contributed by atoms with E-state index in [-0.39, 0.29) is 30.3 Å². The van der Waals surface area contributed by atoms with Crippen molar-refractivity contribution in [3.63, 3.8) is 0 Å². The van der Waals surface area contributed by atoms with Crippen LogP contribution in [0.4, 0.5) is 0 Å². The third-order valence-corrected chi connectivity index (χ3v) is 3.12. The molecule has 3 nitrogen and oxygen atoms in total. The van der Waals surface area contributed by atoms with Crippen LogP contribution in [0.2, 0.25) is 0 Å². The summed E-state index contributed by atoms with van der Waals surface area (Å²) in [6, 6.07) is 10.5. The van der Waals surface area contributed by atoms with Gasteiger partial charge in [0.1, 0.15) is 0 Å². The van der Waals surface area contributed by atoms with Crippen molar-refractivity contribution in [1.29, 1.82) is 0 Å². The summed E-state index contributed by atoms with van der Waals surface area (Å²) in [5.74, 6) is 0.145. The van der Waals surface area contributed by atoms with Gasteiger partial charge in [-0.05, 0) is 25.5 Å². The third-order valence-electron chi connectivity index (χ3n) is 3.12. The summed E-state index contributed by atoms with van der Waals surface area (Å²) >= 11 is 0. The molecular formula is C15H25ClN2O. The molecule has 0 fully saturated rings. The summed E-state index contributed by atoms with van der Waals surface area (Å²) in [4.78, 5) is 11.9. The summed E-state index contributed by atoms with van der Waals surface area (Å²) in [6.07, 6.45) is 1.85. The van der Waals surface area contributed by atoms with Crippen LogP contribution in [0.1, 0.15) is 25.8 Å². The van der Waals surface area contributed by atoms with Crippen LogP contribution in [0.25, 0.3) is 0 Å². The second-order valence-corrected chi connectivity index (χ2v) is 4.76. The van der Waals surface area contributed by atoms with Gasteiger partial charge < -0.3 is 10.6 Å². The van der Waals surface area contributed by atoms with Crippen molar-refractivity contribution in [2.45, 2.75) is 32.7 Å². The van der Waals surface area contributed by atoms with Gasteiger partial charge >= 0.3 is 0 Å². The number of amides is 1. The fourth-order valence-electron chi connectivity index (χ4n) is 1.94. The van der Waals surface area contributed by atoms with Crippen LogP contribution in [-0.4, -0.2) is 25.5 Å². The number of hydrogen-bond acceptors (Lipinski definition) is 2. The normalized spacial score (nSPS) is 13.2. The van der Waals surface area contributed by atoms with Gasteiger partial charge in [0.2, 0.25) is 5.91 Å². The largest absolute Gasteiger partial charge is 0.353 e. The van der Waals surface area contributed by atoms with Crippen LogP contribution >= 0.6 is 12.4 Å². The molecule has 0 aromatic heterocycles. The molecule has 0 aliphatic rings. The van der Waals surface area contributed by atoms with Gasteiger partial charge in [0, 0.05) is 18.5 Å². The summed E-state index contributed by atoms with van der Waals surface area (Å²) in [5.41, 5.74) is 1.27. The number of carbonyl (C=O) groups is 1. The van der Waals surface area contributed by atoms with E-state index >= 15 is 0 Å². The number of halogens is 1. The minimum absolute atomic E-state index is 0. The number of rotatable bonds is 7. The van der Waals surface area contributed by atoms with Gasteiger partial charge in [-0.25, -0.2) is 0 Å². The molecule has 0 saturated carbocycles. The number of hydrogen-bond donors (Lipinski definition) is 2. The first-order chi connectivity index (χ1) is 8.67. The van der Waals surface area contributed by atoms with Gasteiger partial charge in [-0.15, -0.1) is 12.4 Å². The standard InChI is InChI=1S/C15H24N2O.ClH/c1-4-14(10-13-8-6-5-7-9-13)17-15(18)12(2)11-16-3;/h5-9,12,14,16H,4,10-11H2,1-3H3,(H,17,18);1H. The van der Waals surface area contributed by atoms with Crippen LogP contribution in [0.3, 0.4) is 0 Å². The van der Waals surface area contributed by atoms with Crippen LogP contribution in [-0.2, 0) is 11.2 Å². The highest BCUT2D eigenvalue weighted by Gasteiger charge is 2.16. The van der Waals surface area contributed by atoms with E-state index in [1.807, 2.05) is 32.2 Å². The van der Waals surface area contributed by atoms with Crippen LogP contribution < -0.4 is 10.6 Å². The van der Waals surface area contributed by atoms with Gasteiger partial charge in [-0.3, -0.25) is 4.79 Å². The van der Waals surface area contributed by atoms with Crippen molar-refractivity contribution < 1.29 is 4.79 Å². The molecule has 2 atom stereocenters. The molecule has 0 saturated heterocycles. The number of nitrogens with one attached hydrogen (secondary N) is 2. The Morgan fingerprint density at radius 1 is 1.26 bits per heavy atom. The molecule has 0 aliphatic carbocycles. The molecule has 1 aromatic carbocycles. The third kappa shape index (κ3) is 6.60. The van der Waals surface area contributed by atoms with Crippen molar-refractivity contribution >= 4 is 18.3 Å². The molecular weight excluding hydrogens is 260 g/mol. The molecule has 1 aromatic rings. The highest BCUT2D eigenvalue weighted by Crippen LogP contribution is 2.06. The lowest BCUT2D eigenvalue weighted by Gasteiger charge is -2.20. The SMILES string of the molecule is CCC(Cc1ccccc1)NC(=O)C(C)CNC.Cl. The summed E-state index contributed by atoms with van der Waals surface area (Å²) in [5, 5.41) is 6.15. The molecule has 0 spiro atoms. The lowest BCUT2D eigenvalue weighted by molar-refractivity contribution is -0.125. The van der Waals surface area contributed by atoms with Crippen molar-refractivity contribution in [2.24, 2.45) is 5.92 Å². The maximum atomic E-state index is 11.9. The second kappa shape index (κ2) is 9.82. The van der Waals surface area contributed by atoms with Crippen LogP contribution in [0.5, 0.6) is 0 Å². The molecule has 0 radical (unpaired) electrons. The van der Waals surface area contributed by atoms with E-state index in [4.69, 9.17) is 0 Å². The minimum atomic E-state index is 0. The van der Waals surface area contributed by atoms with Crippen LogP contribution in [0.15, 0.2) is 30.3 Å². The van der Waals surface area contributed by atoms with E-state index in [1.54, 1.807) is 0 Å². The summed E-state index contributed by atoms with van der Waals surface area (Å²) < 4.78 is 0. The second-order valence-electron chi connectivity index (χ2n) is 4.76. The van der Waals surface area contributed by atoms with E-state index in [1.165, 1.54) is 5.56 Å². The molecule has 4 heteroatoms. The first kappa shape index (κ1) is 17.9. The summed E-state index contributed by atoms with van der Waals surface area (Å²) in [7, 11) is 1.87. The zero-order chi connectivity index (χ0) is 13.4. The van der Waals surface area contributed by atoms with Crippen molar-refractivity contribution in [3.05, 3.63) is 35.9 Å². The van der Waals surface area contributed by atoms with Crippen LogP contribution in [0, 0.1) is 5.92 Å². The lowest BCUT2D eigenvalue weighted by atomic mass is 10.0. The Balaban J connectivity index is 0.00000324. The maximum Gasteiger partial charge on any atom is 0.224 e. The predicted molar refractivity (Wildman–Crippen MR) is 82.7 cm³/mol. The average molecular weight is 285 g/mol. The average Bonchev–Trinajstić information content (AvgIpc) is 2.39. The zero-order valence-corrected chi connectivity index (χ0v) is 12.8. The first-order valence-electron chi connectivity index (χ1n) is 6.66. The van der Waals surface area contributed by atoms with Gasteiger partial charge in [-0.2, -0.15) is 0 Å². The van der Waals surface area contributed by atoms with Gasteiger partial charge in [0.25, 0.3) is 0 Å². The Morgan fingerprint density at radius 2 is 1.89 bits per heavy atom. The molecule has 108 valence electrons. The van der Waals surface area contributed by atoms with E-state index in [0.717, 1.165) is 12.8 Å². The van der Waals surface area contributed by atoms with E-state index in [0.29, 0.717) is 6.54 Å². The smallest absolute Gasteiger partial charge is 0.224 e. The van der Waals surface area contributed by atoms with Crippen molar-refractivity contribution in [3.8, 4) is 0 Å². The van der Waals surface area contributed by atoms with E-state index < -0.39 is 0 Å².